The van der Waals surface area contributed by atoms with E-state index >= 15 is 0 Å². The Bertz CT molecular complexity index is 1530. The molecule has 186 valence electrons. The van der Waals surface area contributed by atoms with Crippen LogP contribution in [0.5, 0.6) is 0 Å². The summed E-state index contributed by atoms with van der Waals surface area (Å²) in [6.45, 7) is 3.94. The molecule has 1 amide bonds. The summed E-state index contributed by atoms with van der Waals surface area (Å²) in [6.07, 6.45) is 5.39. The van der Waals surface area contributed by atoms with E-state index in [1.54, 1.807) is 24.7 Å². The third kappa shape index (κ3) is 4.57. The van der Waals surface area contributed by atoms with E-state index in [-0.39, 0.29) is 33.7 Å². The number of carbonyl (C=O) groups is 1. The zero-order valence-corrected chi connectivity index (χ0v) is 21.3. The van der Waals surface area contributed by atoms with Gasteiger partial charge in [-0.3, -0.25) is 4.79 Å². The normalized spacial score (nSPS) is 14.9. The maximum Gasteiger partial charge on any atom is 0.254 e. The van der Waals surface area contributed by atoms with Crippen molar-refractivity contribution >= 4 is 32.4 Å². The Kier molecular flexibility index (Phi) is 6.45. The Balaban J connectivity index is 1.43. The molecule has 0 spiro atoms. The van der Waals surface area contributed by atoms with Crippen molar-refractivity contribution in [2.45, 2.75) is 37.1 Å². The quantitative estimate of drug-likeness (QED) is 0.401. The molecule has 11 heteroatoms. The summed E-state index contributed by atoms with van der Waals surface area (Å²) in [5.41, 5.74) is 4.89. The van der Waals surface area contributed by atoms with Crippen LogP contribution in [0.15, 0.2) is 65.4 Å². The van der Waals surface area contributed by atoms with Crippen LogP contribution < -0.4 is 5.32 Å². The number of benzene rings is 2. The minimum atomic E-state index is -3.76. The number of carbonyl (C=O) groups excluding carboxylic acids is 1. The topological polar surface area (TPSA) is 97.2 Å². The first-order chi connectivity index (χ1) is 17.2. The lowest BCUT2D eigenvalue weighted by Crippen LogP contribution is -2.35. The molecule has 1 atom stereocenters. The molecule has 0 aliphatic carbocycles. The lowest BCUT2D eigenvalue weighted by Gasteiger charge is -2.29. The SMILES string of the molecule is CC(=O)Nc1ncc(S(=O)(=O)N2CCc3c(cccc3-c3cncn3[C@H](C)c3ccc(F)cc3)C2)s1. The average Bonchev–Trinajstić information content (AvgIpc) is 3.53. The van der Waals surface area contributed by atoms with Gasteiger partial charge in [0.05, 0.1) is 30.5 Å². The molecule has 5 rings (SSSR count). The van der Waals surface area contributed by atoms with Gasteiger partial charge in [-0.2, -0.15) is 4.31 Å². The third-order valence-electron chi connectivity index (χ3n) is 6.30. The zero-order chi connectivity index (χ0) is 25.4. The van der Waals surface area contributed by atoms with Gasteiger partial charge < -0.3 is 9.88 Å². The molecule has 0 radical (unpaired) electrons. The van der Waals surface area contributed by atoms with Crippen LogP contribution in [0.25, 0.3) is 11.3 Å². The number of amides is 1. The van der Waals surface area contributed by atoms with Gasteiger partial charge in [0, 0.05) is 25.6 Å². The number of hydrogen-bond donors (Lipinski definition) is 1. The van der Waals surface area contributed by atoms with E-state index in [1.807, 2.05) is 29.7 Å². The highest BCUT2D eigenvalue weighted by Gasteiger charge is 2.31. The first kappa shape index (κ1) is 24.3. The van der Waals surface area contributed by atoms with Crippen molar-refractivity contribution in [3.05, 3.63) is 83.7 Å². The number of nitrogens with one attached hydrogen (secondary N) is 1. The second-order valence-corrected chi connectivity index (χ2v) is 11.8. The smallest absolute Gasteiger partial charge is 0.254 e. The molecule has 0 fully saturated rings. The molecule has 0 saturated carbocycles. The number of halogens is 1. The maximum absolute atomic E-state index is 13.4. The molecular weight excluding hydrogens is 501 g/mol. The van der Waals surface area contributed by atoms with Gasteiger partial charge >= 0.3 is 0 Å². The second-order valence-electron chi connectivity index (χ2n) is 8.61. The molecule has 1 aliphatic rings. The lowest BCUT2D eigenvalue weighted by molar-refractivity contribution is -0.114. The fraction of sp³-hybridized carbons (Fsp3) is 0.240. The molecule has 1 aliphatic heterocycles. The summed E-state index contributed by atoms with van der Waals surface area (Å²) in [7, 11) is -3.76. The molecule has 2 aromatic heterocycles. The van der Waals surface area contributed by atoms with E-state index < -0.39 is 10.0 Å². The molecule has 4 aromatic rings. The van der Waals surface area contributed by atoms with E-state index in [0.29, 0.717) is 13.0 Å². The third-order valence-corrected chi connectivity index (χ3v) is 9.50. The molecule has 3 heterocycles. The fourth-order valence-corrected chi connectivity index (χ4v) is 7.12. The summed E-state index contributed by atoms with van der Waals surface area (Å²) in [5.74, 6) is -0.584. The number of imidazole rings is 1. The summed E-state index contributed by atoms with van der Waals surface area (Å²) < 4.78 is 43.6. The number of rotatable bonds is 6. The molecule has 0 unspecified atom stereocenters. The predicted molar refractivity (Wildman–Crippen MR) is 136 cm³/mol. The Morgan fingerprint density at radius 3 is 2.69 bits per heavy atom. The van der Waals surface area contributed by atoms with Crippen molar-refractivity contribution in [2.24, 2.45) is 0 Å². The number of aromatic nitrogens is 3. The van der Waals surface area contributed by atoms with Gasteiger partial charge in [0.25, 0.3) is 10.0 Å². The van der Waals surface area contributed by atoms with Crippen LogP contribution in [0.3, 0.4) is 0 Å². The van der Waals surface area contributed by atoms with Crippen molar-refractivity contribution in [3.8, 4) is 11.3 Å². The Morgan fingerprint density at radius 2 is 1.94 bits per heavy atom. The van der Waals surface area contributed by atoms with Gasteiger partial charge in [-0.15, -0.1) is 0 Å². The molecule has 0 bridgehead atoms. The average molecular weight is 526 g/mol. The monoisotopic (exact) mass is 525 g/mol. The predicted octanol–water partition coefficient (Wildman–Crippen LogP) is 4.46. The maximum atomic E-state index is 13.4. The molecule has 0 saturated heterocycles. The van der Waals surface area contributed by atoms with Gasteiger partial charge in [0.15, 0.2) is 9.34 Å². The highest BCUT2D eigenvalue weighted by Crippen LogP contribution is 2.35. The number of anilines is 1. The van der Waals surface area contributed by atoms with Crippen LogP contribution in [-0.2, 0) is 27.8 Å². The number of hydrogen-bond acceptors (Lipinski definition) is 6. The molecule has 36 heavy (non-hydrogen) atoms. The van der Waals surface area contributed by atoms with Crippen LogP contribution in [0, 0.1) is 5.82 Å². The number of fused-ring (bicyclic) bond motifs is 1. The van der Waals surface area contributed by atoms with Crippen LogP contribution in [0.2, 0.25) is 0 Å². The van der Waals surface area contributed by atoms with Gasteiger partial charge in [0.1, 0.15) is 5.82 Å². The summed E-state index contributed by atoms with van der Waals surface area (Å²) in [5, 5.41) is 2.78. The Hall–Kier alpha value is -3.41. The van der Waals surface area contributed by atoms with E-state index in [9.17, 15) is 17.6 Å². The van der Waals surface area contributed by atoms with Crippen molar-refractivity contribution < 1.29 is 17.6 Å². The van der Waals surface area contributed by atoms with E-state index in [4.69, 9.17) is 0 Å². The van der Waals surface area contributed by atoms with Gasteiger partial charge in [-0.25, -0.2) is 22.8 Å². The standard InChI is InChI=1S/C25H24FN5O3S2/c1-16(18-6-8-20(26)9-7-18)31-15-27-12-23(31)22-5-3-4-19-14-30(11-10-21(19)22)36(33,34)24-13-28-25(35-24)29-17(2)32/h3-9,12-13,15-16H,10-11,14H2,1-2H3,(H,28,29,32)/t16-/m1/s1. The highest BCUT2D eigenvalue weighted by atomic mass is 32.2. The Morgan fingerprint density at radius 1 is 1.17 bits per heavy atom. The molecule has 2 aromatic carbocycles. The van der Waals surface area contributed by atoms with E-state index in [0.717, 1.165) is 39.3 Å². The van der Waals surface area contributed by atoms with Gasteiger partial charge in [-0.05, 0) is 42.2 Å². The Labute approximate surface area is 212 Å². The summed E-state index contributed by atoms with van der Waals surface area (Å²) >= 11 is 0.940. The first-order valence-electron chi connectivity index (χ1n) is 11.4. The minimum absolute atomic E-state index is 0.0661. The van der Waals surface area contributed by atoms with Gasteiger partial charge in [-0.1, -0.05) is 41.7 Å². The highest BCUT2D eigenvalue weighted by molar-refractivity contribution is 7.91. The van der Waals surface area contributed by atoms with Crippen LogP contribution >= 0.6 is 11.3 Å². The zero-order valence-electron chi connectivity index (χ0n) is 19.7. The number of thiazole rings is 1. The summed E-state index contributed by atoms with van der Waals surface area (Å²) in [4.78, 5) is 19.7. The van der Waals surface area contributed by atoms with Crippen molar-refractivity contribution in [2.75, 3.05) is 11.9 Å². The van der Waals surface area contributed by atoms with E-state index in [1.165, 1.54) is 29.6 Å². The number of sulfonamides is 1. The number of nitrogens with zero attached hydrogens (tertiary/aromatic N) is 4. The molecular formula is C25H24FN5O3S2. The largest absolute Gasteiger partial charge is 0.323 e. The van der Waals surface area contributed by atoms with Crippen molar-refractivity contribution in [1.29, 1.82) is 0 Å². The van der Waals surface area contributed by atoms with Crippen LogP contribution in [0.4, 0.5) is 9.52 Å². The molecule has 8 nitrogen and oxygen atoms in total. The van der Waals surface area contributed by atoms with E-state index in [2.05, 4.69) is 15.3 Å². The van der Waals surface area contributed by atoms with Crippen molar-refractivity contribution in [1.82, 2.24) is 18.8 Å². The lowest BCUT2D eigenvalue weighted by atomic mass is 9.93. The fourth-order valence-electron chi connectivity index (χ4n) is 4.47. The van der Waals surface area contributed by atoms with Crippen LogP contribution in [0.1, 0.15) is 36.6 Å². The molecule has 1 N–H and O–H groups in total. The van der Waals surface area contributed by atoms with Gasteiger partial charge in [0.2, 0.25) is 5.91 Å². The second kappa shape index (κ2) is 9.57. The minimum Gasteiger partial charge on any atom is -0.323 e. The first-order valence-corrected chi connectivity index (χ1v) is 13.6. The van der Waals surface area contributed by atoms with Crippen LogP contribution in [-0.4, -0.2) is 39.7 Å². The van der Waals surface area contributed by atoms with Crippen molar-refractivity contribution in [3.63, 3.8) is 0 Å². The summed E-state index contributed by atoms with van der Waals surface area (Å²) in [6, 6.07) is 12.3.